The van der Waals surface area contributed by atoms with Crippen molar-refractivity contribution in [2.45, 2.75) is 13.0 Å². The molecular weight excluding hydrogens is 194 g/mol. The fraction of sp³-hybridized carbons (Fsp3) is 0.444. The molecule has 1 heterocycles. The van der Waals surface area contributed by atoms with Crippen molar-refractivity contribution in [3.8, 4) is 0 Å². The van der Waals surface area contributed by atoms with Crippen LogP contribution in [0.3, 0.4) is 0 Å². The molecule has 2 aliphatic rings. The van der Waals surface area contributed by atoms with Crippen LogP contribution in [0.25, 0.3) is 0 Å². The van der Waals surface area contributed by atoms with E-state index in [9.17, 15) is 13.6 Å². The van der Waals surface area contributed by atoms with E-state index in [1.807, 2.05) is 0 Å². The van der Waals surface area contributed by atoms with Crippen LogP contribution in [0.5, 0.6) is 0 Å². The van der Waals surface area contributed by atoms with Gasteiger partial charge >= 0.3 is 6.61 Å². The minimum atomic E-state index is -2.91. The summed E-state index contributed by atoms with van der Waals surface area (Å²) >= 11 is 0. The molecule has 14 heavy (non-hydrogen) atoms. The van der Waals surface area contributed by atoms with Gasteiger partial charge in [0.05, 0.1) is 12.5 Å². The van der Waals surface area contributed by atoms with Crippen molar-refractivity contribution in [3.05, 3.63) is 23.7 Å². The molecule has 1 aliphatic heterocycles. The Kier molecular flexibility index (Phi) is 2.23. The highest BCUT2D eigenvalue weighted by Crippen LogP contribution is 2.31. The maximum Gasteiger partial charge on any atom is 0.387 e. The molecule has 76 valence electrons. The highest BCUT2D eigenvalue weighted by Gasteiger charge is 2.32. The first-order valence-electron chi connectivity index (χ1n) is 4.21. The van der Waals surface area contributed by atoms with Gasteiger partial charge in [-0.25, -0.2) is 0 Å². The molecule has 1 aliphatic carbocycles. The van der Waals surface area contributed by atoms with Crippen molar-refractivity contribution in [3.63, 3.8) is 0 Å². The summed E-state index contributed by atoms with van der Waals surface area (Å²) in [6.07, 6.45) is 3.06. The fourth-order valence-corrected chi connectivity index (χ4v) is 1.56. The van der Waals surface area contributed by atoms with Crippen molar-refractivity contribution < 1.29 is 23.0 Å². The van der Waals surface area contributed by atoms with Gasteiger partial charge in [-0.15, -0.1) is 0 Å². The molecule has 0 aromatic heterocycles. The summed E-state index contributed by atoms with van der Waals surface area (Å²) in [5.74, 6) is -0.207. The standard InChI is InChI=1S/C9H8F2O3/c10-9(11)14-5-3-7(12)6-1-2-13-8(6)4-5/h3-4,6,9H,1-2H2. The molecule has 1 atom stereocenters. The van der Waals surface area contributed by atoms with Gasteiger partial charge in [-0.1, -0.05) is 0 Å². The SMILES string of the molecule is O=C1C=C(OC(F)F)C=C2OCCC12. The van der Waals surface area contributed by atoms with Crippen LogP contribution >= 0.6 is 0 Å². The summed E-state index contributed by atoms with van der Waals surface area (Å²) in [6.45, 7) is -2.46. The van der Waals surface area contributed by atoms with E-state index in [4.69, 9.17) is 4.74 Å². The largest absolute Gasteiger partial charge is 0.497 e. The summed E-state index contributed by atoms with van der Waals surface area (Å²) in [7, 11) is 0. The summed E-state index contributed by atoms with van der Waals surface area (Å²) < 4.78 is 32.9. The van der Waals surface area contributed by atoms with Gasteiger partial charge in [-0.05, 0) is 6.42 Å². The zero-order valence-corrected chi connectivity index (χ0v) is 7.20. The number of halogens is 2. The highest BCUT2D eigenvalue weighted by atomic mass is 19.3. The molecule has 1 saturated heterocycles. The fourth-order valence-electron chi connectivity index (χ4n) is 1.56. The first kappa shape index (κ1) is 9.18. The van der Waals surface area contributed by atoms with Crippen molar-refractivity contribution >= 4 is 5.78 Å². The van der Waals surface area contributed by atoms with Crippen LogP contribution in [0, 0.1) is 5.92 Å². The smallest absolute Gasteiger partial charge is 0.387 e. The van der Waals surface area contributed by atoms with Gasteiger partial charge < -0.3 is 9.47 Å². The number of fused-ring (bicyclic) bond motifs is 1. The number of ketones is 1. The number of carbonyl (C=O) groups is 1. The molecule has 0 saturated carbocycles. The minimum Gasteiger partial charge on any atom is -0.497 e. The zero-order valence-electron chi connectivity index (χ0n) is 7.20. The van der Waals surface area contributed by atoms with E-state index in [0.717, 1.165) is 6.08 Å². The lowest BCUT2D eigenvalue weighted by Gasteiger charge is -2.14. The van der Waals surface area contributed by atoms with Crippen LogP contribution in [0.15, 0.2) is 23.7 Å². The van der Waals surface area contributed by atoms with Crippen LogP contribution in [-0.2, 0) is 14.3 Å². The number of hydrogen-bond acceptors (Lipinski definition) is 3. The Balaban J connectivity index is 2.17. The maximum atomic E-state index is 11.8. The maximum absolute atomic E-state index is 11.8. The molecular formula is C9H8F2O3. The quantitative estimate of drug-likeness (QED) is 0.682. The molecule has 1 fully saturated rings. The van der Waals surface area contributed by atoms with Gasteiger partial charge in [-0.3, -0.25) is 4.79 Å². The van der Waals surface area contributed by atoms with Crippen LogP contribution < -0.4 is 0 Å². The van der Waals surface area contributed by atoms with E-state index in [2.05, 4.69) is 4.74 Å². The summed E-state index contributed by atoms with van der Waals surface area (Å²) in [4.78, 5) is 11.3. The van der Waals surface area contributed by atoms with Crippen LogP contribution in [0.2, 0.25) is 0 Å². The van der Waals surface area contributed by atoms with E-state index < -0.39 is 6.61 Å². The van der Waals surface area contributed by atoms with Gasteiger partial charge in [0.1, 0.15) is 11.5 Å². The second-order valence-corrected chi connectivity index (χ2v) is 3.06. The predicted molar refractivity (Wildman–Crippen MR) is 42.3 cm³/mol. The van der Waals surface area contributed by atoms with Crippen molar-refractivity contribution in [1.29, 1.82) is 0 Å². The molecule has 0 aromatic rings. The highest BCUT2D eigenvalue weighted by molar-refractivity contribution is 5.95. The number of ether oxygens (including phenoxy) is 2. The second kappa shape index (κ2) is 3.40. The van der Waals surface area contributed by atoms with E-state index in [-0.39, 0.29) is 17.5 Å². The Bertz CT molecular complexity index is 320. The van der Waals surface area contributed by atoms with Crippen molar-refractivity contribution in [2.75, 3.05) is 6.61 Å². The Labute approximate surface area is 79.0 Å². The third-order valence-electron chi connectivity index (χ3n) is 2.16. The van der Waals surface area contributed by atoms with Crippen molar-refractivity contribution in [1.82, 2.24) is 0 Å². The summed E-state index contributed by atoms with van der Waals surface area (Å²) in [6, 6.07) is 0. The molecule has 5 heteroatoms. The predicted octanol–water partition coefficient (Wildman–Crippen LogP) is 1.61. The lowest BCUT2D eigenvalue weighted by atomic mass is 9.95. The molecule has 0 radical (unpaired) electrons. The summed E-state index contributed by atoms with van der Waals surface area (Å²) in [5, 5.41) is 0. The molecule has 0 N–H and O–H groups in total. The van der Waals surface area contributed by atoms with E-state index in [1.165, 1.54) is 6.08 Å². The lowest BCUT2D eigenvalue weighted by Crippen LogP contribution is -2.16. The number of allylic oxidation sites excluding steroid dienone is 3. The van der Waals surface area contributed by atoms with Crippen LogP contribution in [0.1, 0.15) is 6.42 Å². The van der Waals surface area contributed by atoms with Gasteiger partial charge in [0.15, 0.2) is 5.78 Å². The van der Waals surface area contributed by atoms with Gasteiger partial charge in [0.25, 0.3) is 0 Å². The topological polar surface area (TPSA) is 35.5 Å². The molecule has 2 rings (SSSR count). The van der Waals surface area contributed by atoms with E-state index in [1.54, 1.807) is 0 Å². The number of carbonyl (C=O) groups excluding carboxylic acids is 1. The Hall–Kier alpha value is -1.39. The third-order valence-corrected chi connectivity index (χ3v) is 2.16. The summed E-state index contributed by atoms with van der Waals surface area (Å²) in [5.41, 5.74) is 0. The molecule has 0 bridgehead atoms. The Morgan fingerprint density at radius 3 is 3.00 bits per heavy atom. The van der Waals surface area contributed by atoms with Crippen LogP contribution in [-0.4, -0.2) is 19.0 Å². The second-order valence-electron chi connectivity index (χ2n) is 3.06. The normalized spacial score (nSPS) is 25.4. The minimum absolute atomic E-state index is 0.127. The average molecular weight is 202 g/mol. The van der Waals surface area contributed by atoms with Crippen LogP contribution in [0.4, 0.5) is 8.78 Å². The van der Waals surface area contributed by atoms with Gasteiger partial charge in [0, 0.05) is 12.2 Å². The first-order valence-corrected chi connectivity index (χ1v) is 4.21. The van der Waals surface area contributed by atoms with Crippen molar-refractivity contribution in [2.24, 2.45) is 5.92 Å². The third kappa shape index (κ3) is 1.62. The van der Waals surface area contributed by atoms with Gasteiger partial charge in [0.2, 0.25) is 0 Å². The average Bonchev–Trinajstić information content (AvgIpc) is 2.50. The molecule has 1 unspecified atom stereocenters. The number of rotatable bonds is 2. The molecule has 0 spiro atoms. The van der Waals surface area contributed by atoms with E-state index in [0.29, 0.717) is 18.8 Å². The number of hydrogen-bond donors (Lipinski definition) is 0. The Morgan fingerprint density at radius 2 is 2.29 bits per heavy atom. The first-order chi connectivity index (χ1) is 6.66. The van der Waals surface area contributed by atoms with E-state index >= 15 is 0 Å². The molecule has 0 amide bonds. The van der Waals surface area contributed by atoms with Gasteiger partial charge in [-0.2, -0.15) is 8.78 Å². The Morgan fingerprint density at radius 1 is 1.50 bits per heavy atom. The monoisotopic (exact) mass is 202 g/mol. The molecule has 3 nitrogen and oxygen atoms in total. The zero-order chi connectivity index (χ0) is 10.1. The number of alkyl halides is 2. The lowest BCUT2D eigenvalue weighted by molar-refractivity contribution is -0.118. The molecule has 0 aromatic carbocycles.